The third kappa shape index (κ3) is 7.17. The molecule has 10 nitrogen and oxygen atoms in total. The number of pyridine rings is 2. The molecule has 0 bridgehead atoms. The van der Waals surface area contributed by atoms with Crippen LogP contribution in [0.25, 0.3) is 16.9 Å². The fraction of sp³-hybridized carbons (Fsp3) is 0.250. The fourth-order valence-corrected chi connectivity index (χ4v) is 2.51. The van der Waals surface area contributed by atoms with Gasteiger partial charge in [0.2, 0.25) is 0 Å². The Bertz CT molecular complexity index is 1230. The zero-order valence-corrected chi connectivity index (χ0v) is 18.4. The molecular formula is C20H20F5N7O3. The van der Waals surface area contributed by atoms with Gasteiger partial charge in [0.1, 0.15) is 12.1 Å². The Labute approximate surface area is 194 Å². The van der Waals surface area contributed by atoms with Gasteiger partial charge in [-0.3, -0.25) is 4.98 Å². The number of aliphatic carboxylic acids is 1. The molecule has 3 aromatic rings. The van der Waals surface area contributed by atoms with E-state index in [-0.39, 0.29) is 18.7 Å². The highest BCUT2D eigenvalue weighted by atomic mass is 19.4. The SMILES string of the molecule is CN(C)c1ccc(-c2ccc(-n3cnn(CC(CN)=C(F)F)c3=O)cn2)cn1.O=C(O)C(F)(F)F. The molecule has 0 aliphatic heterocycles. The highest BCUT2D eigenvalue weighted by Gasteiger charge is 2.38. The third-order valence-electron chi connectivity index (χ3n) is 4.36. The van der Waals surface area contributed by atoms with Crippen molar-refractivity contribution in [2.24, 2.45) is 5.73 Å². The van der Waals surface area contributed by atoms with Crippen molar-refractivity contribution < 1.29 is 31.9 Å². The molecule has 188 valence electrons. The number of hydrogen-bond acceptors (Lipinski definition) is 7. The summed E-state index contributed by atoms with van der Waals surface area (Å²) < 4.78 is 59.4. The van der Waals surface area contributed by atoms with Gasteiger partial charge in [-0.2, -0.15) is 27.1 Å². The summed E-state index contributed by atoms with van der Waals surface area (Å²) in [7, 11) is 3.81. The first-order chi connectivity index (χ1) is 16.3. The van der Waals surface area contributed by atoms with Crippen molar-refractivity contribution in [1.29, 1.82) is 0 Å². The van der Waals surface area contributed by atoms with Crippen LogP contribution in [0.15, 0.2) is 59.4 Å². The summed E-state index contributed by atoms with van der Waals surface area (Å²) in [6, 6.07) is 7.23. The number of carbonyl (C=O) groups is 1. The van der Waals surface area contributed by atoms with E-state index in [2.05, 4.69) is 15.1 Å². The summed E-state index contributed by atoms with van der Waals surface area (Å²) >= 11 is 0. The first-order valence-corrected chi connectivity index (χ1v) is 9.63. The Balaban J connectivity index is 0.000000540. The number of hydrogen-bond donors (Lipinski definition) is 2. The lowest BCUT2D eigenvalue weighted by atomic mass is 10.2. The quantitative estimate of drug-likeness (QED) is 0.492. The molecule has 0 unspecified atom stereocenters. The fourth-order valence-electron chi connectivity index (χ4n) is 2.51. The number of nitrogens with two attached hydrogens (primary N) is 1. The van der Waals surface area contributed by atoms with Crippen LogP contribution in [0.1, 0.15) is 0 Å². The topological polar surface area (TPSA) is 132 Å². The van der Waals surface area contributed by atoms with Gasteiger partial charge in [0.25, 0.3) is 6.08 Å². The molecule has 0 aliphatic rings. The molecule has 0 aromatic carbocycles. The van der Waals surface area contributed by atoms with Gasteiger partial charge in [0.15, 0.2) is 0 Å². The second-order valence-corrected chi connectivity index (χ2v) is 7.01. The maximum Gasteiger partial charge on any atom is 0.490 e. The Hall–Kier alpha value is -4.14. The lowest BCUT2D eigenvalue weighted by Crippen LogP contribution is -2.26. The second-order valence-electron chi connectivity index (χ2n) is 7.01. The van der Waals surface area contributed by atoms with Gasteiger partial charge >= 0.3 is 17.8 Å². The molecule has 3 rings (SSSR count). The Kier molecular flexibility index (Phi) is 8.77. The van der Waals surface area contributed by atoms with Crippen molar-refractivity contribution in [3.8, 4) is 16.9 Å². The van der Waals surface area contributed by atoms with Gasteiger partial charge in [0, 0.05) is 38.0 Å². The van der Waals surface area contributed by atoms with E-state index in [9.17, 15) is 26.7 Å². The molecule has 0 spiro atoms. The van der Waals surface area contributed by atoms with E-state index in [0.29, 0.717) is 11.4 Å². The predicted octanol–water partition coefficient (Wildman–Crippen LogP) is 2.30. The molecule has 3 heterocycles. The highest BCUT2D eigenvalue weighted by Crippen LogP contribution is 2.19. The van der Waals surface area contributed by atoms with Crippen molar-refractivity contribution in [3.05, 3.63) is 65.1 Å². The van der Waals surface area contributed by atoms with Crippen molar-refractivity contribution in [3.63, 3.8) is 0 Å². The number of carboxylic acid groups (broad SMARTS) is 1. The summed E-state index contributed by atoms with van der Waals surface area (Å²) in [6.45, 7) is -0.710. The lowest BCUT2D eigenvalue weighted by molar-refractivity contribution is -0.192. The number of nitrogens with zero attached hydrogens (tertiary/aromatic N) is 6. The monoisotopic (exact) mass is 501 g/mol. The largest absolute Gasteiger partial charge is 0.490 e. The van der Waals surface area contributed by atoms with Gasteiger partial charge in [-0.25, -0.2) is 23.8 Å². The van der Waals surface area contributed by atoms with Crippen molar-refractivity contribution >= 4 is 11.8 Å². The summed E-state index contributed by atoms with van der Waals surface area (Å²) in [5, 5.41) is 11.0. The molecule has 0 saturated heterocycles. The first kappa shape index (κ1) is 27.1. The van der Waals surface area contributed by atoms with Crippen LogP contribution < -0.4 is 16.3 Å². The molecule has 35 heavy (non-hydrogen) atoms. The zero-order chi connectivity index (χ0) is 26.3. The Morgan fingerprint density at radius 2 is 1.77 bits per heavy atom. The van der Waals surface area contributed by atoms with Gasteiger partial charge in [0.05, 0.1) is 24.1 Å². The van der Waals surface area contributed by atoms with E-state index in [1.54, 1.807) is 18.3 Å². The van der Waals surface area contributed by atoms with Crippen LogP contribution in [0.4, 0.5) is 27.8 Å². The number of aromatic nitrogens is 5. The number of rotatable bonds is 6. The Morgan fingerprint density at radius 3 is 2.20 bits per heavy atom. The van der Waals surface area contributed by atoms with E-state index in [4.69, 9.17) is 15.6 Å². The van der Waals surface area contributed by atoms with Gasteiger partial charge in [-0.15, -0.1) is 0 Å². The van der Waals surface area contributed by atoms with Crippen LogP contribution in [-0.2, 0) is 11.3 Å². The number of anilines is 1. The lowest BCUT2D eigenvalue weighted by Gasteiger charge is -2.11. The van der Waals surface area contributed by atoms with Crippen molar-refractivity contribution in [1.82, 2.24) is 24.3 Å². The van der Waals surface area contributed by atoms with E-state index in [1.807, 2.05) is 31.1 Å². The minimum Gasteiger partial charge on any atom is -0.475 e. The van der Waals surface area contributed by atoms with Crippen LogP contribution >= 0.6 is 0 Å². The molecule has 3 N–H and O–H groups in total. The average Bonchev–Trinajstić information content (AvgIpc) is 3.17. The first-order valence-electron chi connectivity index (χ1n) is 9.63. The zero-order valence-electron chi connectivity index (χ0n) is 18.4. The standard InChI is InChI=1S/C18H19F2N7O.C2HF3O2/c1-25(2)16-6-3-12(8-23-16)15-5-4-14(9-22-15)26-11-24-27(18(26)28)10-13(7-21)17(19)20;3-2(4,5)1(6)7/h3-6,8-9,11H,7,10,21H2,1-2H3;(H,6,7). The summed E-state index contributed by atoms with van der Waals surface area (Å²) in [6.07, 6.45) is -2.49. The molecule has 0 aliphatic carbocycles. The number of carboxylic acids is 1. The normalized spacial score (nSPS) is 10.9. The number of alkyl halides is 3. The Morgan fingerprint density at radius 1 is 1.11 bits per heavy atom. The molecule has 15 heteroatoms. The second kappa shape index (κ2) is 11.3. The molecule has 0 saturated carbocycles. The van der Waals surface area contributed by atoms with Crippen LogP contribution in [0, 0.1) is 0 Å². The molecule has 0 atom stereocenters. The summed E-state index contributed by atoms with van der Waals surface area (Å²) in [5.41, 5.74) is 6.38. The number of halogens is 5. The molecular weight excluding hydrogens is 481 g/mol. The van der Waals surface area contributed by atoms with Crippen molar-refractivity contribution in [2.45, 2.75) is 12.7 Å². The van der Waals surface area contributed by atoms with Crippen LogP contribution in [0.3, 0.4) is 0 Å². The predicted molar refractivity (Wildman–Crippen MR) is 115 cm³/mol. The minimum atomic E-state index is -5.08. The third-order valence-corrected chi connectivity index (χ3v) is 4.36. The van der Waals surface area contributed by atoms with Crippen molar-refractivity contribution in [2.75, 3.05) is 25.5 Å². The van der Waals surface area contributed by atoms with Crippen LogP contribution in [0.5, 0.6) is 0 Å². The molecule has 0 radical (unpaired) electrons. The maximum atomic E-state index is 12.8. The summed E-state index contributed by atoms with van der Waals surface area (Å²) in [4.78, 5) is 31.9. The average molecular weight is 501 g/mol. The molecule has 3 aromatic heterocycles. The maximum absolute atomic E-state index is 12.8. The van der Waals surface area contributed by atoms with E-state index in [1.165, 1.54) is 17.1 Å². The smallest absolute Gasteiger partial charge is 0.475 e. The summed E-state index contributed by atoms with van der Waals surface area (Å²) in [5.74, 6) is -1.93. The van der Waals surface area contributed by atoms with Crippen LogP contribution in [0.2, 0.25) is 0 Å². The van der Waals surface area contributed by atoms with Gasteiger partial charge in [-0.1, -0.05) is 0 Å². The van der Waals surface area contributed by atoms with E-state index in [0.717, 1.165) is 16.1 Å². The van der Waals surface area contributed by atoms with E-state index >= 15 is 0 Å². The molecule has 0 amide bonds. The minimum absolute atomic E-state index is 0.338. The van der Waals surface area contributed by atoms with E-state index < -0.39 is 23.9 Å². The van der Waals surface area contributed by atoms with Gasteiger partial charge in [-0.05, 0) is 24.3 Å². The molecule has 0 fully saturated rings. The van der Waals surface area contributed by atoms with Crippen LogP contribution in [-0.4, -0.2) is 62.2 Å². The highest BCUT2D eigenvalue weighted by molar-refractivity contribution is 5.73. The van der Waals surface area contributed by atoms with Gasteiger partial charge < -0.3 is 15.7 Å².